The van der Waals surface area contributed by atoms with E-state index in [0.29, 0.717) is 12.5 Å². The van der Waals surface area contributed by atoms with Gasteiger partial charge in [-0.2, -0.15) is 0 Å². The van der Waals surface area contributed by atoms with Gasteiger partial charge in [-0.3, -0.25) is 4.99 Å². The molecule has 0 fully saturated rings. The van der Waals surface area contributed by atoms with Gasteiger partial charge in [0.2, 0.25) is 0 Å². The Labute approximate surface area is 138 Å². The summed E-state index contributed by atoms with van der Waals surface area (Å²) >= 11 is 0. The van der Waals surface area contributed by atoms with Gasteiger partial charge in [-0.25, -0.2) is 4.39 Å². The Hall–Kier alpha value is -1.82. The fraction of sp³-hybridized carbons (Fsp3) is 0.588. The lowest BCUT2D eigenvalue weighted by Crippen LogP contribution is -2.42. The van der Waals surface area contributed by atoms with E-state index in [1.54, 1.807) is 25.2 Å². The van der Waals surface area contributed by atoms with E-state index in [0.717, 1.165) is 32.6 Å². The SMILES string of the molecule is CCOCCCCNC(=NC)NCC(C)Oc1ccccc1F. The van der Waals surface area contributed by atoms with Crippen molar-refractivity contribution in [2.75, 3.05) is 33.4 Å². The first kappa shape index (κ1) is 19.2. The number of unbranched alkanes of at least 4 members (excludes halogenated alkanes) is 1. The Morgan fingerprint density at radius 1 is 1.26 bits per heavy atom. The van der Waals surface area contributed by atoms with Crippen molar-refractivity contribution in [2.24, 2.45) is 4.99 Å². The number of halogens is 1. The highest BCUT2D eigenvalue weighted by Crippen LogP contribution is 2.16. The van der Waals surface area contributed by atoms with E-state index >= 15 is 0 Å². The minimum atomic E-state index is -0.351. The number of ether oxygens (including phenoxy) is 2. The molecule has 0 amide bonds. The highest BCUT2D eigenvalue weighted by Gasteiger charge is 2.08. The van der Waals surface area contributed by atoms with Gasteiger partial charge >= 0.3 is 0 Å². The third-order valence-electron chi connectivity index (χ3n) is 3.16. The van der Waals surface area contributed by atoms with Crippen LogP contribution in [-0.4, -0.2) is 45.4 Å². The number of para-hydroxylation sites is 1. The summed E-state index contributed by atoms with van der Waals surface area (Å²) < 4.78 is 24.4. The van der Waals surface area contributed by atoms with Gasteiger partial charge < -0.3 is 20.1 Å². The zero-order valence-electron chi connectivity index (χ0n) is 14.3. The molecule has 0 aliphatic rings. The third-order valence-corrected chi connectivity index (χ3v) is 3.16. The van der Waals surface area contributed by atoms with Gasteiger partial charge in [-0.15, -0.1) is 0 Å². The molecule has 0 aliphatic heterocycles. The second-order valence-electron chi connectivity index (χ2n) is 5.14. The Balaban J connectivity index is 2.22. The van der Waals surface area contributed by atoms with Crippen molar-refractivity contribution in [3.8, 4) is 5.75 Å². The van der Waals surface area contributed by atoms with Crippen LogP contribution in [0.25, 0.3) is 0 Å². The lowest BCUT2D eigenvalue weighted by molar-refractivity contribution is 0.143. The van der Waals surface area contributed by atoms with E-state index in [2.05, 4.69) is 15.6 Å². The maximum atomic E-state index is 13.5. The molecule has 0 heterocycles. The Morgan fingerprint density at radius 3 is 2.74 bits per heavy atom. The number of hydrogen-bond acceptors (Lipinski definition) is 3. The largest absolute Gasteiger partial charge is 0.486 e. The van der Waals surface area contributed by atoms with Crippen LogP contribution < -0.4 is 15.4 Å². The van der Waals surface area contributed by atoms with Gasteiger partial charge in [0.25, 0.3) is 0 Å². The van der Waals surface area contributed by atoms with Gasteiger partial charge in [-0.1, -0.05) is 12.1 Å². The van der Waals surface area contributed by atoms with Gasteiger partial charge in [0.05, 0.1) is 6.54 Å². The highest BCUT2D eigenvalue weighted by atomic mass is 19.1. The number of aliphatic imine (C=N–C) groups is 1. The van der Waals surface area contributed by atoms with Crippen molar-refractivity contribution in [1.82, 2.24) is 10.6 Å². The van der Waals surface area contributed by atoms with Gasteiger partial charge in [0.15, 0.2) is 17.5 Å². The van der Waals surface area contributed by atoms with E-state index in [-0.39, 0.29) is 17.7 Å². The first-order valence-electron chi connectivity index (χ1n) is 8.10. The van der Waals surface area contributed by atoms with Crippen LogP contribution in [0, 0.1) is 5.82 Å². The first-order chi connectivity index (χ1) is 11.2. The van der Waals surface area contributed by atoms with Gasteiger partial charge in [0.1, 0.15) is 6.10 Å². The number of nitrogens with one attached hydrogen (secondary N) is 2. The zero-order valence-corrected chi connectivity index (χ0v) is 14.3. The summed E-state index contributed by atoms with van der Waals surface area (Å²) in [5, 5.41) is 6.40. The summed E-state index contributed by atoms with van der Waals surface area (Å²) in [5.74, 6) is 0.627. The smallest absolute Gasteiger partial charge is 0.191 e. The topological polar surface area (TPSA) is 54.9 Å². The molecule has 1 aromatic rings. The quantitative estimate of drug-likeness (QED) is 0.394. The first-order valence-corrected chi connectivity index (χ1v) is 8.10. The number of hydrogen-bond donors (Lipinski definition) is 2. The second kappa shape index (κ2) is 11.7. The predicted molar refractivity (Wildman–Crippen MR) is 91.6 cm³/mol. The lowest BCUT2D eigenvalue weighted by atomic mass is 10.3. The third kappa shape index (κ3) is 8.40. The summed E-state index contributed by atoms with van der Waals surface area (Å²) in [6.45, 7) is 6.79. The standard InChI is InChI=1S/C17H28FN3O2/c1-4-22-12-8-7-11-20-17(19-3)21-13-14(2)23-16-10-6-5-9-15(16)18/h5-6,9-10,14H,4,7-8,11-13H2,1-3H3,(H2,19,20,21). The molecule has 1 rings (SSSR count). The van der Waals surface area contributed by atoms with Crippen molar-refractivity contribution < 1.29 is 13.9 Å². The van der Waals surface area contributed by atoms with Crippen LogP contribution in [0.1, 0.15) is 26.7 Å². The van der Waals surface area contributed by atoms with Gasteiger partial charge in [-0.05, 0) is 38.8 Å². The van der Waals surface area contributed by atoms with Crippen LogP contribution in [0.5, 0.6) is 5.75 Å². The number of nitrogens with zero attached hydrogens (tertiary/aromatic N) is 1. The molecular weight excluding hydrogens is 297 g/mol. The molecule has 0 radical (unpaired) electrons. The van der Waals surface area contributed by atoms with E-state index in [1.807, 2.05) is 13.8 Å². The van der Waals surface area contributed by atoms with E-state index in [9.17, 15) is 4.39 Å². The fourth-order valence-electron chi connectivity index (χ4n) is 1.94. The second-order valence-corrected chi connectivity index (χ2v) is 5.14. The lowest BCUT2D eigenvalue weighted by Gasteiger charge is -2.18. The van der Waals surface area contributed by atoms with E-state index in [1.165, 1.54) is 6.07 Å². The van der Waals surface area contributed by atoms with E-state index in [4.69, 9.17) is 9.47 Å². The molecule has 1 aromatic carbocycles. The molecular formula is C17H28FN3O2. The molecule has 23 heavy (non-hydrogen) atoms. The molecule has 0 aliphatic carbocycles. The van der Waals surface area contributed by atoms with Crippen molar-refractivity contribution in [1.29, 1.82) is 0 Å². The minimum Gasteiger partial charge on any atom is -0.486 e. The van der Waals surface area contributed by atoms with Crippen molar-refractivity contribution in [3.63, 3.8) is 0 Å². The molecule has 0 spiro atoms. The molecule has 1 atom stereocenters. The van der Waals surface area contributed by atoms with Crippen LogP contribution >= 0.6 is 0 Å². The van der Waals surface area contributed by atoms with Crippen molar-refractivity contribution in [3.05, 3.63) is 30.1 Å². The molecule has 1 unspecified atom stereocenters. The van der Waals surface area contributed by atoms with Crippen LogP contribution in [0.3, 0.4) is 0 Å². The number of benzene rings is 1. The van der Waals surface area contributed by atoms with Crippen molar-refractivity contribution >= 4 is 5.96 Å². The van der Waals surface area contributed by atoms with Gasteiger partial charge in [0, 0.05) is 26.8 Å². The molecule has 0 aromatic heterocycles. The fourth-order valence-corrected chi connectivity index (χ4v) is 1.94. The number of rotatable bonds is 10. The maximum absolute atomic E-state index is 13.5. The van der Waals surface area contributed by atoms with Crippen LogP contribution in [-0.2, 0) is 4.74 Å². The number of guanidine groups is 1. The molecule has 5 nitrogen and oxygen atoms in total. The molecule has 0 bridgehead atoms. The summed E-state index contributed by atoms with van der Waals surface area (Å²) in [4.78, 5) is 4.15. The van der Waals surface area contributed by atoms with Crippen LogP contribution in [0.15, 0.2) is 29.3 Å². The predicted octanol–water partition coefficient (Wildman–Crippen LogP) is 2.57. The molecule has 130 valence electrons. The summed E-state index contributed by atoms with van der Waals surface area (Å²) in [6, 6.07) is 6.40. The average molecular weight is 325 g/mol. The van der Waals surface area contributed by atoms with Crippen LogP contribution in [0.2, 0.25) is 0 Å². The average Bonchev–Trinajstić information content (AvgIpc) is 2.55. The Kier molecular flexibility index (Phi) is 9.79. The minimum absolute atomic E-state index is 0.177. The maximum Gasteiger partial charge on any atom is 0.191 e. The Bertz CT molecular complexity index is 469. The normalized spacial score (nSPS) is 12.8. The molecule has 6 heteroatoms. The zero-order chi connectivity index (χ0) is 16.9. The monoisotopic (exact) mass is 325 g/mol. The summed E-state index contributed by atoms with van der Waals surface area (Å²) in [7, 11) is 1.72. The van der Waals surface area contributed by atoms with Crippen molar-refractivity contribution in [2.45, 2.75) is 32.8 Å². The van der Waals surface area contributed by atoms with Crippen LogP contribution in [0.4, 0.5) is 4.39 Å². The Morgan fingerprint density at radius 2 is 2.04 bits per heavy atom. The highest BCUT2D eigenvalue weighted by molar-refractivity contribution is 5.79. The summed E-state index contributed by atoms with van der Waals surface area (Å²) in [5.41, 5.74) is 0. The van der Waals surface area contributed by atoms with E-state index < -0.39 is 0 Å². The molecule has 0 saturated heterocycles. The summed E-state index contributed by atoms with van der Waals surface area (Å²) in [6.07, 6.45) is 1.86. The molecule has 2 N–H and O–H groups in total. The molecule has 0 saturated carbocycles.